The summed E-state index contributed by atoms with van der Waals surface area (Å²) in [6.07, 6.45) is 7.56. The second-order valence-corrected chi connectivity index (χ2v) is 8.80. The third kappa shape index (κ3) is 4.46. The lowest BCUT2D eigenvalue weighted by Gasteiger charge is -2.12. The van der Waals surface area contributed by atoms with Crippen molar-refractivity contribution in [1.29, 1.82) is 0 Å². The largest absolute Gasteiger partial charge is 0.496 e. The summed E-state index contributed by atoms with van der Waals surface area (Å²) in [7, 11) is 1.64. The van der Waals surface area contributed by atoms with Crippen LogP contribution < -0.4 is 10.1 Å². The van der Waals surface area contributed by atoms with E-state index in [0.29, 0.717) is 12.1 Å². The van der Waals surface area contributed by atoms with Gasteiger partial charge in [-0.25, -0.2) is 4.99 Å². The van der Waals surface area contributed by atoms with Crippen LogP contribution in [0.5, 0.6) is 5.75 Å². The Hall–Kier alpha value is -2.38. The summed E-state index contributed by atoms with van der Waals surface area (Å²) in [4.78, 5) is 19.0. The Balaban J connectivity index is 1.65. The molecule has 0 saturated heterocycles. The highest BCUT2D eigenvalue weighted by atomic mass is 79.9. The Labute approximate surface area is 181 Å². The predicted octanol–water partition coefficient (Wildman–Crippen LogP) is 5.67. The zero-order valence-corrected chi connectivity index (χ0v) is 18.4. The standard InChI is InChI=1S/C22H21BrN2O3S/c1-27-18-9-8-15(23)11-14(18)12-25-22-20(17-6-2-3-7-19(17)29-22)21(26)24-13-16-5-4-10-28-16/h4-5,8-12H,2-3,6-7,13H2,1H3,(H,24,26)/b25-12-. The predicted molar refractivity (Wildman–Crippen MR) is 119 cm³/mol. The van der Waals surface area contributed by atoms with E-state index in [0.717, 1.165) is 57.8 Å². The van der Waals surface area contributed by atoms with Gasteiger partial charge in [-0.1, -0.05) is 15.9 Å². The molecule has 2 aromatic heterocycles. The van der Waals surface area contributed by atoms with Crippen molar-refractivity contribution in [2.24, 2.45) is 4.99 Å². The molecule has 0 radical (unpaired) electrons. The Kier molecular flexibility index (Phi) is 6.16. The number of methoxy groups -OCH3 is 1. The van der Waals surface area contributed by atoms with Gasteiger partial charge in [-0.05, 0) is 61.6 Å². The Morgan fingerprint density at radius 1 is 1.34 bits per heavy atom. The van der Waals surface area contributed by atoms with Crippen molar-refractivity contribution in [3.63, 3.8) is 0 Å². The van der Waals surface area contributed by atoms with Gasteiger partial charge in [0.15, 0.2) is 0 Å². The molecule has 29 heavy (non-hydrogen) atoms. The topological polar surface area (TPSA) is 63.8 Å². The number of fused-ring (bicyclic) bond motifs is 1. The molecule has 0 unspecified atom stereocenters. The number of hydrogen-bond donors (Lipinski definition) is 1. The van der Waals surface area contributed by atoms with Gasteiger partial charge >= 0.3 is 0 Å². The highest BCUT2D eigenvalue weighted by Gasteiger charge is 2.25. The molecular formula is C22H21BrN2O3S. The number of nitrogens with one attached hydrogen (secondary N) is 1. The smallest absolute Gasteiger partial charge is 0.255 e. The summed E-state index contributed by atoms with van der Waals surface area (Å²) in [6.45, 7) is 0.360. The molecule has 4 rings (SSSR count). The maximum Gasteiger partial charge on any atom is 0.255 e. The summed E-state index contributed by atoms with van der Waals surface area (Å²) in [5, 5.41) is 3.72. The van der Waals surface area contributed by atoms with Crippen LogP contribution >= 0.6 is 27.3 Å². The number of carbonyl (C=O) groups is 1. The number of carbonyl (C=O) groups excluding carboxylic acids is 1. The first-order chi connectivity index (χ1) is 14.2. The number of ether oxygens (including phenoxy) is 1. The lowest BCUT2D eigenvalue weighted by atomic mass is 9.95. The van der Waals surface area contributed by atoms with Crippen LogP contribution in [0, 0.1) is 0 Å². The third-order valence-electron chi connectivity index (χ3n) is 4.90. The first kappa shape index (κ1) is 19.9. The van der Waals surface area contributed by atoms with Gasteiger partial charge in [-0.3, -0.25) is 4.79 Å². The second-order valence-electron chi connectivity index (χ2n) is 6.80. The van der Waals surface area contributed by atoms with E-state index in [1.54, 1.807) is 30.9 Å². The molecule has 0 spiro atoms. The fraction of sp³-hybridized carbons (Fsp3) is 0.273. The van der Waals surface area contributed by atoms with Gasteiger partial charge in [0.2, 0.25) is 0 Å². The summed E-state index contributed by atoms with van der Waals surface area (Å²) in [5.41, 5.74) is 2.70. The molecule has 1 aromatic carbocycles. The van der Waals surface area contributed by atoms with Crippen molar-refractivity contribution in [2.45, 2.75) is 32.2 Å². The molecule has 1 aliphatic rings. The van der Waals surface area contributed by atoms with Crippen LogP contribution in [-0.4, -0.2) is 19.2 Å². The molecule has 2 heterocycles. The van der Waals surface area contributed by atoms with Gasteiger partial charge in [0.1, 0.15) is 16.5 Å². The van der Waals surface area contributed by atoms with Crippen LogP contribution in [0.3, 0.4) is 0 Å². The third-order valence-corrected chi connectivity index (χ3v) is 6.59. The Morgan fingerprint density at radius 2 is 2.21 bits per heavy atom. The first-order valence-electron chi connectivity index (χ1n) is 9.48. The number of aryl methyl sites for hydroxylation is 1. The monoisotopic (exact) mass is 472 g/mol. The maximum atomic E-state index is 13.0. The van der Waals surface area contributed by atoms with Crippen LogP contribution in [0.15, 0.2) is 50.5 Å². The number of nitrogens with zero attached hydrogens (tertiary/aromatic N) is 1. The molecule has 1 amide bonds. The maximum absolute atomic E-state index is 13.0. The van der Waals surface area contributed by atoms with Crippen molar-refractivity contribution in [1.82, 2.24) is 5.32 Å². The number of halogens is 1. The molecule has 7 heteroatoms. The van der Waals surface area contributed by atoms with Crippen molar-refractivity contribution in [2.75, 3.05) is 7.11 Å². The normalized spacial score (nSPS) is 13.4. The van der Waals surface area contributed by atoms with Gasteiger partial charge in [0, 0.05) is 21.1 Å². The van der Waals surface area contributed by atoms with E-state index < -0.39 is 0 Å². The van der Waals surface area contributed by atoms with Crippen LogP contribution in [0.2, 0.25) is 0 Å². The fourth-order valence-electron chi connectivity index (χ4n) is 3.48. The zero-order chi connectivity index (χ0) is 20.2. The van der Waals surface area contributed by atoms with Gasteiger partial charge in [0.05, 0.1) is 25.5 Å². The van der Waals surface area contributed by atoms with E-state index in [4.69, 9.17) is 14.1 Å². The van der Waals surface area contributed by atoms with Crippen molar-refractivity contribution >= 4 is 44.4 Å². The Bertz CT molecular complexity index is 1040. The minimum Gasteiger partial charge on any atom is -0.496 e. The summed E-state index contributed by atoms with van der Waals surface area (Å²) in [6, 6.07) is 9.43. The lowest BCUT2D eigenvalue weighted by molar-refractivity contribution is 0.0948. The van der Waals surface area contributed by atoms with E-state index in [-0.39, 0.29) is 5.91 Å². The molecule has 3 aromatic rings. The van der Waals surface area contributed by atoms with E-state index in [9.17, 15) is 4.79 Å². The highest BCUT2D eigenvalue weighted by molar-refractivity contribution is 9.10. The molecule has 0 aliphatic heterocycles. The average Bonchev–Trinajstić information content (AvgIpc) is 3.38. The van der Waals surface area contributed by atoms with E-state index >= 15 is 0 Å². The van der Waals surface area contributed by atoms with Crippen LogP contribution in [0.4, 0.5) is 5.00 Å². The fourth-order valence-corrected chi connectivity index (χ4v) is 5.09. The van der Waals surface area contributed by atoms with Gasteiger partial charge in [-0.15, -0.1) is 11.3 Å². The summed E-state index contributed by atoms with van der Waals surface area (Å²) < 4.78 is 11.7. The minimum atomic E-state index is -0.103. The molecule has 150 valence electrons. The van der Waals surface area contributed by atoms with E-state index in [1.165, 1.54) is 4.88 Å². The molecular weight excluding hydrogens is 452 g/mol. The summed E-state index contributed by atoms with van der Waals surface area (Å²) in [5.74, 6) is 1.36. The number of hydrogen-bond acceptors (Lipinski definition) is 5. The molecule has 0 bridgehead atoms. The number of thiophene rings is 1. The number of aliphatic imine (C=N–C) groups is 1. The second kappa shape index (κ2) is 8.97. The van der Waals surface area contributed by atoms with Gasteiger partial charge in [-0.2, -0.15) is 0 Å². The van der Waals surface area contributed by atoms with Crippen LogP contribution in [0.1, 0.15) is 45.0 Å². The average molecular weight is 473 g/mol. The number of benzene rings is 1. The van der Waals surface area contributed by atoms with Crippen molar-refractivity contribution in [3.05, 3.63) is 68.4 Å². The highest BCUT2D eigenvalue weighted by Crippen LogP contribution is 2.40. The van der Waals surface area contributed by atoms with Crippen LogP contribution in [0.25, 0.3) is 0 Å². The molecule has 0 atom stereocenters. The summed E-state index contributed by atoms with van der Waals surface area (Å²) >= 11 is 5.10. The molecule has 0 fully saturated rings. The SMILES string of the molecule is COc1ccc(Br)cc1/C=N\c1sc2c(c1C(=O)NCc1ccco1)CCCC2. The van der Waals surface area contributed by atoms with Crippen LogP contribution in [-0.2, 0) is 19.4 Å². The van der Waals surface area contributed by atoms with E-state index in [2.05, 4.69) is 21.2 Å². The van der Waals surface area contributed by atoms with Gasteiger partial charge < -0.3 is 14.5 Å². The number of rotatable bonds is 6. The zero-order valence-electron chi connectivity index (χ0n) is 16.0. The molecule has 5 nitrogen and oxygen atoms in total. The lowest BCUT2D eigenvalue weighted by Crippen LogP contribution is -2.23. The van der Waals surface area contributed by atoms with Crippen molar-refractivity contribution in [3.8, 4) is 5.75 Å². The Morgan fingerprint density at radius 3 is 3.00 bits per heavy atom. The number of furan rings is 1. The van der Waals surface area contributed by atoms with Crippen molar-refractivity contribution < 1.29 is 13.9 Å². The molecule has 0 saturated carbocycles. The molecule has 1 N–H and O–H groups in total. The minimum absolute atomic E-state index is 0.103. The number of amides is 1. The van der Waals surface area contributed by atoms with E-state index in [1.807, 2.05) is 30.3 Å². The quantitative estimate of drug-likeness (QED) is 0.469. The first-order valence-corrected chi connectivity index (χ1v) is 11.1. The molecule has 1 aliphatic carbocycles. The van der Waals surface area contributed by atoms with Gasteiger partial charge in [0.25, 0.3) is 5.91 Å².